The van der Waals surface area contributed by atoms with E-state index >= 15 is 0 Å². The number of ether oxygens (including phenoxy) is 1. The molecule has 2 rings (SSSR count). The lowest BCUT2D eigenvalue weighted by Crippen LogP contribution is -2.73. The van der Waals surface area contributed by atoms with Crippen LogP contribution in [0, 0.1) is 0 Å². The summed E-state index contributed by atoms with van der Waals surface area (Å²) in [6, 6.07) is 10.3. The Morgan fingerprint density at radius 2 is 1.65 bits per heavy atom. The van der Waals surface area contributed by atoms with E-state index in [0.717, 1.165) is 18.9 Å². The summed E-state index contributed by atoms with van der Waals surface area (Å²) in [5.41, 5.74) is 1.23. The van der Waals surface area contributed by atoms with Crippen LogP contribution in [0.1, 0.15) is 31.2 Å². The first-order valence-electron chi connectivity index (χ1n) is 6.59. The topological polar surface area (TPSA) is 23.2 Å². The van der Waals surface area contributed by atoms with Crippen molar-refractivity contribution in [2.75, 3.05) is 6.54 Å². The molecule has 112 valence electrons. The van der Waals surface area contributed by atoms with Crippen LogP contribution in [0.2, 0.25) is 0 Å². The molecular weight excluding hydrogens is 273 g/mol. The van der Waals surface area contributed by atoms with Crippen molar-refractivity contribution >= 4 is 13.2 Å². The zero-order chi connectivity index (χ0) is 14.8. The Morgan fingerprint density at radius 3 is 2.30 bits per heavy atom. The normalized spacial score (nSPS) is 15.5. The zero-order valence-corrected chi connectivity index (χ0v) is 11.1. The molecule has 2 nitrogen and oxygen atoms in total. The van der Waals surface area contributed by atoms with Gasteiger partial charge in [-0.15, -0.1) is 0 Å². The van der Waals surface area contributed by atoms with Gasteiger partial charge in [-0.25, -0.2) is 4.99 Å². The van der Waals surface area contributed by atoms with Gasteiger partial charge in [0, 0.05) is 6.42 Å². The summed E-state index contributed by atoms with van der Waals surface area (Å²) in [7, 11) is -6.00. The monoisotopic (exact) mass is 291 g/mol. The Hall–Kier alpha value is -1.53. The summed E-state index contributed by atoms with van der Waals surface area (Å²) in [6.07, 6.45) is 4.88. The second-order valence-electron chi connectivity index (χ2n) is 4.43. The standard InChI is InChI=1S/C13H17NO.BF4/c1-3-7-12(8-4-1)11-15-13-9-5-2-6-10-14-13;2-1(3,4)5/h1,3-4,7-8H,2,5-6,9-11H2;/q;-1/p+1. The van der Waals surface area contributed by atoms with Crippen molar-refractivity contribution in [3.8, 4) is 0 Å². The van der Waals surface area contributed by atoms with Crippen LogP contribution in [0.4, 0.5) is 17.3 Å². The average Bonchev–Trinajstić information content (AvgIpc) is 2.64. The van der Waals surface area contributed by atoms with Crippen LogP contribution in [-0.4, -0.2) is 19.7 Å². The summed E-state index contributed by atoms with van der Waals surface area (Å²) in [4.78, 5) is 3.35. The van der Waals surface area contributed by atoms with Crippen molar-refractivity contribution in [1.82, 2.24) is 0 Å². The minimum absolute atomic E-state index is 0.684. The molecule has 1 N–H and O–H groups in total. The maximum atomic E-state index is 9.75. The fourth-order valence-corrected chi connectivity index (χ4v) is 1.77. The minimum atomic E-state index is -6.00. The van der Waals surface area contributed by atoms with E-state index < -0.39 is 7.25 Å². The molecule has 0 fully saturated rings. The first-order valence-corrected chi connectivity index (χ1v) is 6.59. The molecule has 0 spiro atoms. The van der Waals surface area contributed by atoms with Gasteiger partial charge in [0.1, 0.15) is 13.2 Å². The van der Waals surface area contributed by atoms with E-state index in [2.05, 4.69) is 17.1 Å². The second kappa shape index (κ2) is 8.61. The summed E-state index contributed by atoms with van der Waals surface area (Å²) < 4.78 is 44.8. The first kappa shape index (κ1) is 16.5. The molecule has 0 radical (unpaired) electrons. The molecule has 1 aliphatic rings. The quantitative estimate of drug-likeness (QED) is 0.657. The molecule has 1 heterocycles. The molecule has 1 aromatic carbocycles. The molecule has 0 aliphatic carbocycles. The third-order valence-electron chi connectivity index (χ3n) is 2.66. The third-order valence-corrected chi connectivity index (χ3v) is 2.66. The van der Waals surface area contributed by atoms with Crippen LogP contribution in [0.15, 0.2) is 30.3 Å². The van der Waals surface area contributed by atoms with Crippen LogP contribution in [0.25, 0.3) is 0 Å². The molecule has 0 atom stereocenters. The molecule has 20 heavy (non-hydrogen) atoms. The largest absolute Gasteiger partial charge is 0.673 e. The van der Waals surface area contributed by atoms with Crippen molar-refractivity contribution in [2.24, 2.45) is 0 Å². The Morgan fingerprint density at radius 1 is 1.00 bits per heavy atom. The number of halogens is 4. The van der Waals surface area contributed by atoms with E-state index in [4.69, 9.17) is 4.74 Å². The lowest BCUT2D eigenvalue weighted by Gasteiger charge is -2.03. The molecule has 0 saturated carbocycles. The maximum Gasteiger partial charge on any atom is 0.673 e. The fourth-order valence-electron chi connectivity index (χ4n) is 1.77. The van der Waals surface area contributed by atoms with E-state index in [9.17, 15) is 17.3 Å². The molecule has 0 amide bonds. The lowest BCUT2D eigenvalue weighted by molar-refractivity contribution is -0.468. The van der Waals surface area contributed by atoms with Gasteiger partial charge in [-0.1, -0.05) is 30.3 Å². The van der Waals surface area contributed by atoms with Crippen molar-refractivity contribution in [3.63, 3.8) is 0 Å². The van der Waals surface area contributed by atoms with Crippen LogP contribution in [0.5, 0.6) is 0 Å². The number of hydrogen-bond acceptors (Lipinski definition) is 1. The van der Waals surface area contributed by atoms with Crippen molar-refractivity contribution < 1.29 is 27.0 Å². The smallest absolute Gasteiger partial charge is 0.443 e. The first-order chi connectivity index (χ1) is 9.45. The average molecular weight is 291 g/mol. The second-order valence-corrected chi connectivity index (χ2v) is 4.43. The molecule has 0 saturated heterocycles. The highest BCUT2D eigenvalue weighted by Gasteiger charge is 2.20. The van der Waals surface area contributed by atoms with Crippen LogP contribution in [-0.2, 0) is 11.3 Å². The number of hydrogen-bond donors (Lipinski definition) is 1. The molecule has 1 aliphatic heterocycles. The van der Waals surface area contributed by atoms with Gasteiger partial charge in [0.25, 0.3) is 0 Å². The Kier molecular flexibility index (Phi) is 7.11. The predicted octanol–water partition coefficient (Wildman–Crippen LogP) is 2.56. The third kappa shape index (κ3) is 9.41. The van der Waals surface area contributed by atoms with Gasteiger partial charge >= 0.3 is 13.2 Å². The maximum absolute atomic E-state index is 9.75. The van der Waals surface area contributed by atoms with Crippen LogP contribution >= 0.6 is 0 Å². The van der Waals surface area contributed by atoms with Gasteiger partial charge in [0.05, 0.1) is 6.42 Å². The Balaban J connectivity index is 0.000000347. The number of rotatable bonds is 2. The van der Waals surface area contributed by atoms with Gasteiger partial charge in [-0.3, -0.25) is 0 Å². The summed E-state index contributed by atoms with van der Waals surface area (Å²) in [6.45, 7) is 1.74. The van der Waals surface area contributed by atoms with Gasteiger partial charge in [-0.05, 0) is 18.4 Å². The number of benzene rings is 1. The van der Waals surface area contributed by atoms with Gasteiger partial charge in [0.2, 0.25) is 0 Å². The molecule has 0 bridgehead atoms. The Bertz CT molecular complexity index is 403. The molecule has 7 heteroatoms. The molecule has 0 aromatic heterocycles. The van der Waals surface area contributed by atoms with Gasteiger partial charge in [0.15, 0.2) is 0 Å². The molecular formula is C13H18BF4NO. The van der Waals surface area contributed by atoms with Gasteiger partial charge < -0.3 is 22.0 Å². The fraction of sp³-hybridized carbons (Fsp3) is 0.462. The van der Waals surface area contributed by atoms with E-state index in [0.29, 0.717) is 6.61 Å². The van der Waals surface area contributed by atoms with Gasteiger partial charge in [-0.2, -0.15) is 0 Å². The minimum Gasteiger partial charge on any atom is -0.443 e. The van der Waals surface area contributed by atoms with E-state index in [1.807, 2.05) is 18.2 Å². The van der Waals surface area contributed by atoms with Crippen molar-refractivity contribution in [2.45, 2.75) is 32.3 Å². The summed E-state index contributed by atoms with van der Waals surface area (Å²) in [5.74, 6) is 1.07. The highest BCUT2D eigenvalue weighted by atomic mass is 19.5. The van der Waals surface area contributed by atoms with E-state index in [1.54, 1.807) is 0 Å². The van der Waals surface area contributed by atoms with E-state index in [1.165, 1.54) is 24.8 Å². The van der Waals surface area contributed by atoms with Crippen molar-refractivity contribution in [1.29, 1.82) is 0 Å². The highest BCUT2D eigenvalue weighted by molar-refractivity contribution is 6.50. The molecule has 0 unspecified atom stereocenters. The summed E-state index contributed by atoms with van der Waals surface area (Å²) >= 11 is 0. The predicted molar refractivity (Wildman–Crippen MR) is 70.7 cm³/mol. The lowest BCUT2D eigenvalue weighted by atomic mass is 10.2. The van der Waals surface area contributed by atoms with Crippen LogP contribution < -0.4 is 4.99 Å². The Labute approximate surface area is 116 Å². The van der Waals surface area contributed by atoms with Crippen molar-refractivity contribution in [3.05, 3.63) is 35.9 Å². The highest BCUT2D eigenvalue weighted by Crippen LogP contribution is 2.06. The zero-order valence-electron chi connectivity index (χ0n) is 11.1. The number of nitrogens with one attached hydrogen (secondary N) is 1. The summed E-state index contributed by atoms with van der Waals surface area (Å²) in [5, 5.41) is 0. The van der Waals surface area contributed by atoms with Crippen LogP contribution in [0.3, 0.4) is 0 Å². The SMILES string of the molecule is F[B-](F)(F)F.c1ccc(COC2=[NH+]CCCCC2)cc1. The molecule has 1 aromatic rings. The van der Waals surface area contributed by atoms with E-state index in [-0.39, 0.29) is 0 Å².